The van der Waals surface area contributed by atoms with Crippen LogP contribution in [-0.4, -0.2) is 31.2 Å². The maximum Gasteiger partial charge on any atom is 0.222 e. The van der Waals surface area contributed by atoms with Gasteiger partial charge in [0.15, 0.2) is 0 Å². The Hall–Kier alpha value is -0.610. The second-order valence-electron chi connectivity index (χ2n) is 5.37. The molecule has 4 unspecified atom stereocenters. The number of amides is 1. The van der Waals surface area contributed by atoms with Crippen LogP contribution in [0, 0.1) is 11.8 Å². The molecule has 0 radical (unpaired) electrons. The molecular formula is C13H24N2O2. The molecule has 0 aromatic heterocycles. The smallest absolute Gasteiger partial charge is 0.222 e. The van der Waals surface area contributed by atoms with Gasteiger partial charge < -0.3 is 15.8 Å². The number of hydrogen-bond acceptors (Lipinski definition) is 3. The highest BCUT2D eigenvalue weighted by atomic mass is 16.5. The summed E-state index contributed by atoms with van der Waals surface area (Å²) in [6.45, 7) is 2.96. The number of hydrogen-bond donors (Lipinski definition) is 2. The summed E-state index contributed by atoms with van der Waals surface area (Å²) >= 11 is 0. The molecule has 0 spiro atoms. The van der Waals surface area contributed by atoms with Crippen LogP contribution in [0.2, 0.25) is 0 Å². The van der Waals surface area contributed by atoms with Crippen LogP contribution in [0.15, 0.2) is 0 Å². The van der Waals surface area contributed by atoms with Crippen molar-refractivity contribution in [2.24, 2.45) is 17.6 Å². The minimum Gasteiger partial charge on any atom is -0.377 e. The van der Waals surface area contributed by atoms with E-state index in [-0.39, 0.29) is 12.0 Å². The molecule has 2 bridgehead atoms. The summed E-state index contributed by atoms with van der Waals surface area (Å²) in [7, 11) is 0. The number of fused-ring (bicyclic) bond motifs is 2. The van der Waals surface area contributed by atoms with Crippen molar-refractivity contribution in [3.05, 3.63) is 0 Å². The monoisotopic (exact) mass is 240 g/mol. The molecule has 4 nitrogen and oxygen atoms in total. The molecule has 0 heterocycles. The van der Waals surface area contributed by atoms with Gasteiger partial charge in [0.2, 0.25) is 5.91 Å². The summed E-state index contributed by atoms with van der Waals surface area (Å²) < 4.78 is 5.40. The van der Waals surface area contributed by atoms with Gasteiger partial charge in [-0.3, -0.25) is 4.79 Å². The first-order chi connectivity index (χ1) is 8.22. The number of carbonyl (C=O) groups is 1. The lowest BCUT2D eigenvalue weighted by Gasteiger charge is -2.24. The minimum absolute atomic E-state index is 0.103. The predicted molar refractivity (Wildman–Crippen MR) is 66.5 cm³/mol. The van der Waals surface area contributed by atoms with Crippen LogP contribution in [0.1, 0.15) is 39.0 Å². The van der Waals surface area contributed by atoms with E-state index in [1.807, 2.05) is 6.92 Å². The second-order valence-corrected chi connectivity index (χ2v) is 5.37. The van der Waals surface area contributed by atoms with E-state index in [0.717, 1.165) is 11.8 Å². The first-order valence-corrected chi connectivity index (χ1v) is 6.84. The predicted octanol–water partition coefficient (Wildman–Crippen LogP) is 1.05. The average molecular weight is 240 g/mol. The van der Waals surface area contributed by atoms with Crippen LogP contribution in [0.4, 0.5) is 0 Å². The number of nitrogens with one attached hydrogen (secondary N) is 1. The maximum absolute atomic E-state index is 11.9. The van der Waals surface area contributed by atoms with Gasteiger partial charge in [0.1, 0.15) is 0 Å². The van der Waals surface area contributed by atoms with Gasteiger partial charge in [-0.1, -0.05) is 6.42 Å². The van der Waals surface area contributed by atoms with E-state index in [9.17, 15) is 4.79 Å². The number of nitrogens with two attached hydrogens (primary N) is 1. The van der Waals surface area contributed by atoms with Crippen molar-refractivity contribution in [1.29, 1.82) is 0 Å². The zero-order chi connectivity index (χ0) is 12.3. The fourth-order valence-electron chi connectivity index (χ4n) is 3.34. The van der Waals surface area contributed by atoms with E-state index in [1.54, 1.807) is 0 Å². The molecule has 0 aromatic rings. The Morgan fingerprint density at radius 3 is 2.82 bits per heavy atom. The van der Waals surface area contributed by atoms with Gasteiger partial charge in [-0.15, -0.1) is 0 Å². The van der Waals surface area contributed by atoms with Crippen molar-refractivity contribution in [3.8, 4) is 0 Å². The molecule has 0 aromatic carbocycles. The molecule has 2 saturated carbocycles. The molecule has 2 aliphatic carbocycles. The van der Waals surface area contributed by atoms with Crippen molar-refractivity contribution in [1.82, 2.24) is 5.32 Å². The normalized spacial score (nSPS) is 32.7. The zero-order valence-electron chi connectivity index (χ0n) is 10.7. The van der Waals surface area contributed by atoms with Crippen LogP contribution in [-0.2, 0) is 9.53 Å². The lowest BCUT2D eigenvalue weighted by Crippen LogP contribution is -2.41. The van der Waals surface area contributed by atoms with E-state index < -0.39 is 0 Å². The Morgan fingerprint density at radius 1 is 1.47 bits per heavy atom. The average Bonchev–Trinajstić information content (AvgIpc) is 2.90. The van der Waals surface area contributed by atoms with Gasteiger partial charge in [-0.05, 0) is 38.0 Å². The van der Waals surface area contributed by atoms with Gasteiger partial charge >= 0.3 is 0 Å². The molecule has 17 heavy (non-hydrogen) atoms. The standard InChI is InChI=1S/C13H24N2O2/c1-2-17-11(8-14)7-13(16)15-12-6-9-3-4-10(12)5-9/h9-12H,2-8,14H2,1H3,(H,15,16). The second kappa shape index (κ2) is 5.83. The Balaban J connectivity index is 1.73. The summed E-state index contributed by atoms with van der Waals surface area (Å²) in [5, 5.41) is 3.16. The highest BCUT2D eigenvalue weighted by molar-refractivity contribution is 5.76. The van der Waals surface area contributed by atoms with Gasteiger partial charge in [-0.25, -0.2) is 0 Å². The maximum atomic E-state index is 11.9. The summed E-state index contributed by atoms with van der Waals surface area (Å²) in [6.07, 6.45) is 5.43. The largest absolute Gasteiger partial charge is 0.377 e. The third-order valence-electron chi connectivity index (χ3n) is 4.16. The van der Waals surface area contributed by atoms with Crippen molar-refractivity contribution in [2.45, 2.75) is 51.2 Å². The van der Waals surface area contributed by atoms with Crippen LogP contribution in [0.25, 0.3) is 0 Å². The Bertz CT molecular complexity index is 270. The summed E-state index contributed by atoms with van der Waals surface area (Å²) in [5.74, 6) is 1.70. The highest BCUT2D eigenvalue weighted by Gasteiger charge is 2.40. The van der Waals surface area contributed by atoms with E-state index in [2.05, 4.69) is 5.32 Å². The minimum atomic E-state index is -0.126. The zero-order valence-corrected chi connectivity index (χ0v) is 10.7. The summed E-state index contributed by atoms with van der Waals surface area (Å²) in [4.78, 5) is 11.9. The van der Waals surface area contributed by atoms with Crippen LogP contribution >= 0.6 is 0 Å². The molecule has 2 fully saturated rings. The molecule has 1 amide bonds. The van der Waals surface area contributed by atoms with Crippen LogP contribution in [0.3, 0.4) is 0 Å². The van der Waals surface area contributed by atoms with E-state index >= 15 is 0 Å². The Labute approximate surface area is 103 Å². The lowest BCUT2D eigenvalue weighted by molar-refractivity contribution is -0.124. The van der Waals surface area contributed by atoms with Gasteiger partial charge in [0.25, 0.3) is 0 Å². The topological polar surface area (TPSA) is 64.3 Å². The van der Waals surface area contributed by atoms with Crippen molar-refractivity contribution >= 4 is 5.91 Å². The van der Waals surface area contributed by atoms with Gasteiger partial charge in [-0.2, -0.15) is 0 Å². The molecule has 0 saturated heterocycles. The molecule has 2 aliphatic rings. The van der Waals surface area contributed by atoms with E-state index in [0.29, 0.717) is 25.6 Å². The molecule has 3 N–H and O–H groups in total. The Morgan fingerprint density at radius 2 is 2.29 bits per heavy atom. The fraction of sp³-hybridized carbons (Fsp3) is 0.923. The third kappa shape index (κ3) is 3.19. The Kier molecular flexibility index (Phi) is 4.40. The first-order valence-electron chi connectivity index (χ1n) is 6.84. The van der Waals surface area contributed by atoms with Crippen LogP contribution in [0.5, 0.6) is 0 Å². The lowest BCUT2D eigenvalue weighted by atomic mass is 9.95. The molecule has 98 valence electrons. The number of rotatable bonds is 6. The van der Waals surface area contributed by atoms with E-state index in [1.165, 1.54) is 25.7 Å². The first kappa shape index (κ1) is 12.8. The SMILES string of the molecule is CCOC(CN)CC(=O)NC1CC2CCC1C2. The van der Waals surface area contributed by atoms with Crippen molar-refractivity contribution in [3.63, 3.8) is 0 Å². The quantitative estimate of drug-likeness (QED) is 0.729. The van der Waals surface area contributed by atoms with Crippen molar-refractivity contribution < 1.29 is 9.53 Å². The fourth-order valence-corrected chi connectivity index (χ4v) is 3.34. The summed E-state index contributed by atoms with van der Waals surface area (Å²) in [6, 6.07) is 0.418. The molecule has 0 aliphatic heterocycles. The summed E-state index contributed by atoms with van der Waals surface area (Å²) in [5.41, 5.74) is 5.57. The van der Waals surface area contributed by atoms with Gasteiger partial charge in [0.05, 0.1) is 12.5 Å². The molecule has 4 heteroatoms. The number of carbonyl (C=O) groups excluding carboxylic acids is 1. The molecule has 2 rings (SSSR count). The molecular weight excluding hydrogens is 216 g/mol. The molecule has 4 atom stereocenters. The van der Waals surface area contributed by atoms with Crippen molar-refractivity contribution in [2.75, 3.05) is 13.2 Å². The van der Waals surface area contributed by atoms with E-state index in [4.69, 9.17) is 10.5 Å². The van der Waals surface area contributed by atoms with Crippen LogP contribution < -0.4 is 11.1 Å². The van der Waals surface area contributed by atoms with Gasteiger partial charge in [0, 0.05) is 19.2 Å². The third-order valence-corrected chi connectivity index (χ3v) is 4.16. The highest BCUT2D eigenvalue weighted by Crippen LogP contribution is 2.44. The number of ether oxygens (including phenoxy) is 1.